The first kappa shape index (κ1) is 37.7. The largest absolute Gasteiger partial charge is 0.506 e. The second-order valence-electron chi connectivity index (χ2n) is 13.8. The van der Waals surface area contributed by atoms with Crippen molar-refractivity contribution in [3.63, 3.8) is 0 Å². The number of aromatic hydroxyl groups is 1. The van der Waals surface area contributed by atoms with Crippen molar-refractivity contribution in [1.82, 2.24) is 15.2 Å². The molecule has 1 atom stereocenters. The van der Waals surface area contributed by atoms with E-state index in [1.54, 1.807) is 36.4 Å². The fraction of sp³-hybridized carbons (Fsp3) is 0.349. The van der Waals surface area contributed by atoms with Crippen LogP contribution in [-0.4, -0.2) is 70.6 Å². The van der Waals surface area contributed by atoms with Crippen molar-refractivity contribution in [2.24, 2.45) is 5.92 Å². The Hall–Kier alpha value is -5.00. The number of aromatic nitrogens is 1. The number of aliphatic hydroxyl groups is 2. The number of unbranched alkanes of at least 4 members (excludes halogenated alkanes) is 2. The molecule has 53 heavy (non-hydrogen) atoms. The van der Waals surface area contributed by atoms with Crippen LogP contribution in [0.5, 0.6) is 11.5 Å². The number of esters is 1. The first-order valence-corrected chi connectivity index (χ1v) is 18.5. The van der Waals surface area contributed by atoms with Crippen LogP contribution in [0.2, 0.25) is 0 Å². The standard InChI is InChI=1S/C43H49N3O7/c47-38-20-18-36(37-19-21-40(49)45-41(37)38)39(48)28-44-24-8-3-9-27-52-35-16-14-31(15-17-35)29-46-25-22-32(23-26-46)30-53-42(50)43(51,33-10-4-1-5-11-33)34-12-6-2-7-13-34/h1-2,4-7,10-21,32,39,44,47-48,51H,3,8-9,22-30H2,(H,45,49)/t39-/m0/s1. The molecule has 0 spiro atoms. The van der Waals surface area contributed by atoms with Gasteiger partial charge in [-0.3, -0.25) is 9.69 Å². The summed E-state index contributed by atoms with van der Waals surface area (Å²) >= 11 is 0. The van der Waals surface area contributed by atoms with Gasteiger partial charge in [0.2, 0.25) is 11.2 Å². The lowest BCUT2D eigenvalue weighted by atomic mass is 9.86. The monoisotopic (exact) mass is 719 g/mol. The van der Waals surface area contributed by atoms with Gasteiger partial charge < -0.3 is 35.1 Å². The molecular weight excluding hydrogens is 670 g/mol. The molecule has 5 N–H and O–H groups in total. The molecule has 0 amide bonds. The van der Waals surface area contributed by atoms with Gasteiger partial charge in [0.05, 0.1) is 24.8 Å². The Labute approximate surface area is 310 Å². The number of hydrogen-bond acceptors (Lipinski definition) is 9. The average molecular weight is 720 g/mol. The summed E-state index contributed by atoms with van der Waals surface area (Å²) < 4.78 is 11.8. The van der Waals surface area contributed by atoms with Crippen LogP contribution in [-0.2, 0) is 21.7 Å². The topological polar surface area (TPSA) is 144 Å². The van der Waals surface area contributed by atoms with Gasteiger partial charge in [0.1, 0.15) is 11.5 Å². The van der Waals surface area contributed by atoms with E-state index in [9.17, 15) is 24.9 Å². The minimum absolute atomic E-state index is 0.0223. The van der Waals surface area contributed by atoms with E-state index in [-0.39, 0.29) is 23.8 Å². The normalized spacial score (nSPS) is 14.6. The summed E-state index contributed by atoms with van der Waals surface area (Å²) in [4.78, 5) is 30.1. The second kappa shape index (κ2) is 18.2. The van der Waals surface area contributed by atoms with Crippen molar-refractivity contribution in [1.29, 1.82) is 0 Å². The van der Waals surface area contributed by atoms with E-state index in [4.69, 9.17) is 9.47 Å². The number of aliphatic hydroxyl groups excluding tert-OH is 1. The lowest BCUT2D eigenvalue weighted by molar-refractivity contribution is -0.164. The molecule has 0 radical (unpaired) electrons. The van der Waals surface area contributed by atoms with Crippen molar-refractivity contribution in [3.8, 4) is 11.5 Å². The van der Waals surface area contributed by atoms with Crippen molar-refractivity contribution >= 4 is 16.9 Å². The number of carbonyl (C=O) groups excluding carboxylic acids is 1. The van der Waals surface area contributed by atoms with Crippen molar-refractivity contribution in [2.45, 2.75) is 50.4 Å². The number of carbonyl (C=O) groups is 1. The van der Waals surface area contributed by atoms with Crippen LogP contribution in [0.1, 0.15) is 60.5 Å². The third kappa shape index (κ3) is 9.71. The van der Waals surface area contributed by atoms with E-state index in [1.165, 1.54) is 17.7 Å². The van der Waals surface area contributed by atoms with E-state index >= 15 is 0 Å². The number of phenolic OH excluding ortho intramolecular Hbond substituents is 1. The summed E-state index contributed by atoms with van der Waals surface area (Å²) in [6.07, 6.45) is 3.91. The number of phenols is 1. The number of benzene rings is 4. The van der Waals surface area contributed by atoms with Crippen LogP contribution >= 0.6 is 0 Å². The van der Waals surface area contributed by atoms with E-state index in [2.05, 4.69) is 27.3 Å². The molecule has 1 aliphatic heterocycles. The Bertz CT molecular complexity index is 1920. The lowest BCUT2D eigenvalue weighted by Gasteiger charge is -2.33. The maximum Gasteiger partial charge on any atom is 0.347 e. The Balaban J connectivity index is 0.850. The Kier molecular flexibility index (Phi) is 12.9. The minimum atomic E-state index is -1.86. The van der Waals surface area contributed by atoms with Crippen LogP contribution in [0.25, 0.3) is 10.9 Å². The number of pyridine rings is 1. The molecule has 1 aliphatic rings. The van der Waals surface area contributed by atoms with Crippen molar-refractivity contribution in [3.05, 3.63) is 142 Å². The van der Waals surface area contributed by atoms with E-state index in [0.29, 0.717) is 40.7 Å². The molecule has 0 unspecified atom stereocenters. The molecular formula is C43H49N3O7. The number of H-pyrrole nitrogens is 1. The predicted octanol–water partition coefficient (Wildman–Crippen LogP) is 5.80. The highest BCUT2D eigenvalue weighted by Gasteiger charge is 2.42. The number of likely N-dealkylation sites (tertiary alicyclic amines) is 1. The summed E-state index contributed by atoms with van der Waals surface area (Å²) in [5, 5.41) is 36.3. The Morgan fingerprint density at radius 1 is 0.868 bits per heavy atom. The first-order valence-electron chi connectivity index (χ1n) is 18.5. The number of aromatic amines is 1. The number of piperidine rings is 1. The van der Waals surface area contributed by atoms with Gasteiger partial charge in [-0.1, -0.05) is 78.9 Å². The average Bonchev–Trinajstić information content (AvgIpc) is 3.19. The molecule has 4 aromatic carbocycles. The van der Waals surface area contributed by atoms with Crippen LogP contribution in [0.3, 0.4) is 0 Å². The number of nitrogens with zero attached hydrogens (tertiary/aromatic N) is 1. The fourth-order valence-corrected chi connectivity index (χ4v) is 6.94. The van der Waals surface area contributed by atoms with Gasteiger partial charge in [0.15, 0.2) is 0 Å². The number of nitrogens with one attached hydrogen (secondary N) is 2. The molecule has 5 aromatic rings. The molecule has 1 saturated heterocycles. The second-order valence-corrected chi connectivity index (χ2v) is 13.8. The molecule has 2 heterocycles. The van der Waals surface area contributed by atoms with Gasteiger partial charge in [-0.15, -0.1) is 0 Å². The fourth-order valence-electron chi connectivity index (χ4n) is 6.94. The van der Waals surface area contributed by atoms with Gasteiger partial charge in [0, 0.05) is 24.5 Å². The van der Waals surface area contributed by atoms with Crippen LogP contribution < -0.4 is 15.6 Å². The molecule has 10 nitrogen and oxygen atoms in total. The van der Waals surface area contributed by atoms with Gasteiger partial charge in [-0.25, -0.2) is 4.79 Å². The minimum Gasteiger partial charge on any atom is -0.506 e. The predicted molar refractivity (Wildman–Crippen MR) is 205 cm³/mol. The number of fused-ring (bicyclic) bond motifs is 1. The lowest BCUT2D eigenvalue weighted by Crippen LogP contribution is -2.40. The third-order valence-corrected chi connectivity index (χ3v) is 10.0. The summed E-state index contributed by atoms with van der Waals surface area (Å²) in [6, 6.07) is 32.4. The number of ether oxygens (including phenoxy) is 2. The maximum atomic E-state index is 13.4. The Morgan fingerprint density at radius 2 is 1.55 bits per heavy atom. The molecule has 1 fully saturated rings. The highest BCUT2D eigenvalue weighted by molar-refractivity contribution is 5.87. The molecule has 6 rings (SSSR count). The highest BCUT2D eigenvalue weighted by Crippen LogP contribution is 2.32. The molecule has 0 saturated carbocycles. The smallest absolute Gasteiger partial charge is 0.347 e. The van der Waals surface area contributed by atoms with Crippen molar-refractivity contribution < 1.29 is 29.6 Å². The van der Waals surface area contributed by atoms with E-state index in [0.717, 1.165) is 64.0 Å². The van der Waals surface area contributed by atoms with Crippen LogP contribution in [0.15, 0.2) is 114 Å². The van der Waals surface area contributed by atoms with Gasteiger partial charge in [0.25, 0.3) is 0 Å². The van der Waals surface area contributed by atoms with Gasteiger partial charge in [-0.05, 0) is 104 Å². The SMILES string of the molecule is O=C(OCC1CCN(Cc2ccc(OCCCCCNC[C@H](O)c3ccc(O)c4[nH]c(=O)ccc34)cc2)CC1)C(O)(c1ccccc1)c1ccccc1. The zero-order chi connectivity index (χ0) is 37.0. The maximum absolute atomic E-state index is 13.4. The first-order chi connectivity index (χ1) is 25.8. The molecule has 0 aliphatic carbocycles. The quantitative estimate of drug-likeness (QED) is 0.0596. The zero-order valence-electron chi connectivity index (χ0n) is 30.0. The molecule has 0 bridgehead atoms. The summed E-state index contributed by atoms with van der Waals surface area (Å²) in [5.41, 5.74) is 1.02. The highest BCUT2D eigenvalue weighted by atomic mass is 16.5. The number of hydrogen-bond donors (Lipinski definition) is 5. The Morgan fingerprint density at radius 3 is 2.23 bits per heavy atom. The molecule has 278 valence electrons. The van der Waals surface area contributed by atoms with Crippen molar-refractivity contribution in [2.75, 3.05) is 39.4 Å². The van der Waals surface area contributed by atoms with Gasteiger partial charge in [-0.2, -0.15) is 0 Å². The van der Waals surface area contributed by atoms with Gasteiger partial charge >= 0.3 is 5.97 Å². The third-order valence-electron chi connectivity index (χ3n) is 10.0. The molecule has 1 aromatic heterocycles. The van der Waals surface area contributed by atoms with E-state index < -0.39 is 17.7 Å². The molecule has 10 heteroatoms. The van der Waals surface area contributed by atoms with Crippen LogP contribution in [0.4, 0.5) is 0 Å². The summed E-state index contributed by atoms with van der Waals surface area (Å²) in [5.74, 6) is 0.422. The zero-order valence-corrected chi connectivity index (χ0v) is 30.0. The number of rotatable bonds is 17. The van der Waals surface area contributed by atoms with E-state index in [1.807, 2.05) is 48.5 Å². The summed E-state index contributed by atoms with van der Waals surface area (Å²) in [6.45, 7) is 4.70. The van der Waals surface area contributed by atoms with Crippen LogP contribution in [0, 0.1) is 5.92 Å². The summed E-state index contributed by atoms with van der Waals surface area (Å²) in [7, 11) is 0.